The molecule has 2 nitrogen and oxygen atoms in total. The van der Waals surface area contributed by atoms with Crippen molar-refractivity contribution in [1.29, 1.82) is 0 Å². The summed E-state index contributed by atoms with van der Waals surface area (Å²) in [6.07, 6.45) is -4.53. The van der Waals surface area contributed by atoms with Crippen molar-refractivity contribution in [1.82, 2.24) is 0 Å². The smallest absolute Gasteiger partial charge is 0.321 e. The monoisotopic (exact) mass is 425 g/mol. The van der Waals surface area contributed by atoms with E-state index in [4.69, 9.17) is 11.6 Å². The van der Waals surface area contributed by atoms with Crippen LogP contribution in [0.25, 0.3) is 0 Å². The Labute approximate surface area is 137 Å². The van der Waals surface area contributed by atoms with Gasteiger partial charge in [-0.15, -0.1) is 0 Å². The number of amides is 1. The lowest BCUT2D eigenvalue weighted by atomic mass is 10.1. The second-order valence-electron chi connectivity index (χ2n) is 4.13. The highest BCUT2D eigenvalue weighted by Crippen LogP contribution is 2.34. The number of anilines is 1. The van der Waals surface area contributed by atoms with Gasteiger partial charge in [-0.25, -0.2) is 0 Å². The van der Waals surface area contributed by atoms with Crippen molar-refractivity contribution >= 4 is 45.8 Å². The van der Waals surface area contributed by atoms with E-state index in [0.717, 1.165) is 9.64 Å². The molecule has 21 heavy (non-hydrogen) atoms. The minimum absolute atomic E-state index is 0.192. The Morgan fingerprint density at radius 3 is 2.43 bits per heavy atom. The number of carbonyl (C=O) groups excluding carboxylic acids is 1. The molecule has 1 N–H and O–H groups in total. The molecule has 0 aliphatic heterocycles. The van der Waals surface area contributed by atoms with Gasteiger partial charge in [0.15, 0.2) is 0 Å². The second kappa shape index (κ2) is 6.23. The molecule has 0 spiro atoms. The summed E-state index contributed by atoms with van der Waals surface area (Å²) < 4.78 is 39.3. The first-order chi connectivity index (χ1) is 9.79. The molecule has 2 rings (SSSR count). The molecule has 0 fully saturated rings. The van der Waals surface area contributed by atoms with Gasteiger partial charge in [-0.1, -0.05) is 23.7 Å². The standard InChI is InChI=1S/C14H8ClF3INO/c15-10-7-8(5-6-11(10)19)13(21)20-12-4-2-1-3-9(12)14(16,17)18/h1-7H,(H,20,21). The number of alkyl halides is 3. The molecular weight excluding hydrogens is 418 g/mol. The largest absolute Gasteiger partial charge is 0.418 e. The Bertz CT molecular complexity index is 688. The van der Waals surface area contributed by atoms with Crippen LogP contribution in [0.1, 0.15) is 15.9 Å². The van der Waals surface area contributed by atoms with E-state index in [9.17, 15) is 18.0 Å². The first kappa shape index (κ1) is 16.1. The van der Waals surface area contributed by atoms with E-state index in [1.165, 1.54) is 30.3 Å². The zero-order valence-electron chi connectivity index (χ0n) is 10.3. The fourth-order valence-corrected chi connectivity index (χ4v) is 2.19. The normalized spacial score (nSPS) is 11.3. The Kier molecular flexibility index (Phi) is 4.77. The molecule has 0 aliphatic carbocycles. The van der Waals surface area contributed by atoms with Crippen LogP contribution in [-0.4, -0.2) is 5.91 Å². The molecule has 0 saturated carbocycles. The van der Waals surface area contributed by atoms with Gasteiger partial charge in [0, 0.05) is 9.13 Å². The molecule has 0 bridgehead atoms. The fourth-order valence-electron chi connectivity index (χ4n) is 1.67. The summed E-state index contributed by atoms with van der Waals surface area (Å²) in [6, 6.07) is 9.33. The van der Waals surface area contributed by atoms with Gasteiger partial charge in [0.05, 0.1) is 16.3 Å². The van der Waals surface area contributed by atoms with Crippen molar-refractivity contribution in [3.05, 3.63) is 62.2 Å². The highest BCUT2D eigenvalue weighted by Gasteiger charge is 2.33. The van der Waals surface area contributed by atoms with Crippen molar-refractivity contribution < 1.29 is 18.0 Å². The molecule has 2 aromatic carbocycles. The SMILES string of the molecule is O=C(Nc1ccccc1C(F)(F)F)c1ccc(I)c(Cl)c1. The van der Waals surface area contributed by atoms with Gasteiger partial charge in [0.2, 0.25) is 0 Å². The van der Waals surface area contributed by atoms with Crippen LogP contribution in [0.3, 0.4) is 0 Å². The van der Waals surface area contributed by atoms with Crippen molar-refractivity contribution in [2.75, 3.05) is 5.32 Å². The molecule has 2 aromatic rings. The van der Waals surface area contributed by atoms with Crippen LogP contribution in [0.5, 0.6) is 0 Å². The Morgan fingerprint density at radius 1 is 1.14 bits per heavy atom. The summed E-state index contributed by atoms with van der Waals surface area (Å²) in [6.45, 7) is 0. The summed E-state index contributed by atoms with van der Waals surface area (Å²) in [5.74, 6) is -0.648. The molecular formula is C14H8ClF3INO. The third kappa shape index (κ3) is 3.88. The van der Waals surface area contributed by atoms with Crippen LogP contribution < -0.4 is 5.32 Å². The van der Waals surface area contributed by atoms with Crippen molar-refractivity contribution in [3.8, 4) is 0 Å². The third-order valence-corrected chi connectivity index (χ3v) is 4.23. The average Bonchev–Trinajstić information content (AvgIpc) is 2.41. The van der Waals surface area contributed by atoms with E-state index in [2.05, 4.69) is 5.32 Å². The first-order valence-electron chi connectivity index (χ1n) is 5.71. The van der Waals surface area contributed by atoms with E-state index in [-0.39, 0.29) is 11.3 Å². The van der Waals surface area contributed by atoms with Crippen LogP contribution in [0, 0.1) is 3.57 Å². The zero-order chi connectivity index (χ0) is 15.6. The number of nitrogens with one attached hydrogen (secondary N) is 1. The Morgan fingerprint density at radius 2 is 1.81 bits per heavy atom. The Balaban J connectivity index is 2.30. The molecule has 0 aliphatic rings. The highest BCUT2D eigenvalue weighted by molar-refractivity contribution is 14.1. The molecule has 0 atom stereocenters. The van der Waals surface area contributed by atoms with Crippen LogP contribution >= 0.6 is 34.2 Å². The number of hydrogen-bond acceptors (Lipinski definition) is 1. The van der Waals surface area contributed by atoms with E-state index in [1.807, 2.05) is 22.6 Å². The van der Waals surface area contributed by atoms with Crippen molar-refractivity contribution in [2.24, 2.45) is 0 Å². The number of rotatable bonds is 2. The third-order valence-electron chi connectivity index (χ3n) is 2.66. The minimum Gasteiger partial charge on any atom is -0.321 e. The average molecular weight is 426 g/mol. The number of para-hydroxylation sites is 1. The van der Waals surface area contributed by atoms with Gasteiger partial charge in [-0.3, -0.25) is 4.79 Å². The molecule has 0 aromatic heterocycles. The lowest BCUT2D eigenvalue weighted by Crippen LogP contribution is -2.16. The van der Waals surface area contributed by atoms with E-state index < -0.39 is 17.6 Å². The minimum atomic E-state index is -4.53. The zero-order valence-corrected chi connectivity index (χ0v) is 13.3. The second-order valence-corrected chi connectivity index (χ2v) is 5.70. The maximum absolute atomic E-state index is 12.8. The summed E-state index contributed by atoms with van der Waals surface area (Å²) in [5.41, 5.74) is -0.989. The lowest BCUT2D eigenvalue weighted by molar-refractivity contribution is -0.136. The van der Waals surface area contributed by atoms with Crippen molar-refractivity contribution in [2.45, 2.75) is 6.18 Å². The first-order valence-corrected chi connectivity index (χ1v) is 7.17. The maximum Gasteiger partial charge on any atom is 0.418 e. The molecule has 0 unspecified atom stereocenters. The highest BCUT2D eigenvalue weighted by atomic mass is 127. The summed E-state index contributed by atoms with van der Waals surface area (Å²) >= 11 is 7.89. The topological polar surface area (TPSA) is 29.1 Å². The van der Waals surface area contributed by atoms with E-state index in [1.54, 1.807) is 6.07 Å². The molecule has 0 radical (unpaired) electrons. The van der Waals surface area contributed by atoms with Gasteiger partial charge < -0.3 is 5.32 Å². The fraction of sp³-hybridized carbons (Fsp3) is 0.0714. The summed E-state index contributed by atoms with van der Waals surface area (Å²) in [5, 5.41) is 2.63. The molecule has 1 amide bonds. The molecule has 7 heteroatoms. The Hall–Kier alpha value is -1.28. The van der Waals surface area contributed by atoms with Gasteiger partial charge in [-0.2, -0.15) is 13.2 Å². The van der Waals surface area contributed by atoms with Crippen LogP contribution in [0.2, 0.25) is 5.02 Å². The number of benzene rings is 2. The van der Waals surface area contributed by atoms with Gasteiger partial charge in [-0.05, 0) is 52.9 Å². The van der Waals surface area contributed by atoms with Crippen LogP contribution in [0.15, 0.2) is 42.5 Å². The van der Waals surface area contributed by atoms with Crippen LogP contribution in [0.4, 0.5) is 18.9 Å². The van der Waals surface area contributed by atoms with Crippen molar-refractivity contribution in [3.63, 3.8) is 0 Å². The van der Waals surface area contributed by atoms with Crippen LogP contribution in [-0.2, 0) is 6.18 Å². The predicted molar refractivity (Wildman–Crippen MR) is 83.6 cm³/mol. The molecule has 0 heterocycles. The van der Waals surface area contributed by atoms with E-state index >= 15 is 0 Å². The van der Waals surface area contributed by atoms with Gasteiger partial charge >= 0.3 is 6.18 Å². The number of halogens is 5. The predicted octanol–water partition coefficient (Wildman–Crippen LogP) is 5.22. The molecule has 110 valence electrons. The van der Waals surface area contributed by atoms with Gasteiger partial charge in [0.1, 0.15) is 0 Å². The maximum atomic E-state index is 12.8. The van der Waals surface area contributed by atoms with Gasteiger partial charge in [0.25, 0.3) is 5.91 Å². The lowest BCUT2D eigenvalue weighted by Gasteiger charge is -2.13. The quantitative estimate of drug-likeness (QED) is 0.657. The number of carbonyl (C=O) groups is 1. The number of hydrogen-bond donors (Lipinski definition) is 1. The molecule has 0 saturated heterocycles. The van der Waals surface area contributed by atoms with E-state index in [0.29, 0.717) is 5.02 Å². The summed E-state index contributed by atoms with van der Waals surface area (Å²) in [7, 11) is 0. The summed E-state index contributed by atoms with van der Waals surface area (Å²) in [4.78, 5) is 12.0.